The van der Waals surface area contributed by atoms with E-state index in [2.05, 4.69) is 4.98 Å². The summed E-state index contributed by atoms with van der Waals surface area (Å²) in [4.78, 5) is 3.79. The minimum atomic E-state index is -4.73. The van der Waals surface area contributed by atoms with Crippen LogP contribution in [0.25, 0.3) is 0 Å². The van der Waals surface area contributed by atoms with E-state index in [-0.39, 0.29) is 6.54 Å². The summed E-state index contributed by atoms with van der Waals surface area (Å²) in [6, 6.07) is 2.54. The fraction of sp³-hybridized carbons (Fsp3) is 0.357. The molecule has 0 atom stereocenters. The maximum Gasteiger partial charge on any atom is 0.417 e. The second kappa shape index (κ2) is 6.99. The van der Waals surface area contributed by atoms with E-state index in [4.69, 9.17) is 11.6 Å². The Kier molecular flexibility index (Phi) is 5.58. The smallest absolute Gasteiger partial charge is 0.245 e. The Labute approximate surface area is 146 Å². The second-order valence-electron chi connectivity index (χ2n) is 4.99. The Morgan fingerprint density at radius 1 is 1.33 bits per heavy atom. The molecule has 2 aromatic rings. The van der Waals surface area contributed by atoms with Gasteiger partial charge in [-0.3, -0.25) is 0 Å². The molecule has 0 aliphatic rings. The van der Waals surface area contributed by atoms with E-state index in [1.165, 1.54) is 18.4 Å². The van der Waals surface area contributed by atoms with Gasteiger partial charge in [-0.15, -0.1) is 11.3 Å². The summed E-state index contributed by atoms with van der Waals surface area (Å²) in [5.41, 5.74) is -0.631. The lowest BCUT2D eigenvalue weighted by Crippen LogP contribution is -2.27. The highest BCUT2D eigenvalue weighted by molar-refractivity contribution is 7.89. The van der Waals surface area contributed by atoms with Crippen LogP contribution in [-0.4, -0.2) is 24.8 Å². The summed E-state index contributed by atoms with van der Waals surface area (Å²) >= 11 is 6.93. The van der Waals surface area contributed by atoms with E-state index in [0.29, 0.717) is 11.8 Å². The van der Waals surface area contributed by atoms with Crippen molar-refractivity contribution in [2.75, 3.05) is 7.05 Å². The molecule has 10 heteroatoms. The molecule has 0 aliphatic carbocycles. The first-order valence-electron chi connectivity index (χ1n) is 6.82. The summed E-state index contributed by atoms with van der Waals surface area (Å²) in [5, 5.41) is 2.05. The molecule has 0 spiro atoms. The number of rotatable bonds is 5. The van der Waals surface area contributed by atoms with Gasteiger partial charge in [-0.05, 0) is 24.6 Å². The van der Waals surface area contributed by atoms with Crippen molar-refractivity contribution in [1.29, 1.82) is 0 Å². The summed E-state index contributed by atoms with van der Waals surface area (Å²) in [6.45, 7) is 1.90. The van der Waals surface area contributed by atoms with E-state index in [9.17, 15) is 21.6 Å². The molecule has 1 aromatic carbocycles. The Balaban J connectivity index is 2.32. The molecule has 0 radical (unpaired) electrons. The fourth-order valence-electron chi connectivity index (χ4n) is 1.96. The Morgan fingerprint density at radius 3 is 2.54 bits per heavy atom. The molecule has 0 saturated heterocycles. The SMILES string of the molecule is CCc1nc(CN(C)S(=O)(=O)c2ccc(Cl)c(C(F)(F)F)c2)cs1. The van der Waals surface area contributed by atoms with E-state index in [0.717, 1.165) is 27.9 Å². The molecule has 0 N–H and O–H groups in total. The number of sulfonamides is 1. The second-order valence-corrected chi connectivity index (χ2v) is 8.38. The standard InChI is InChI=1S/C14H14ClF3N2O2S2/c1-3-13-19-9(8-23-13)7-20(2)24(21,22)10-4-5-12(15)11(6-10)14(16,17)18/h4-6,8H,3,7H2,1-2H3. The minimum Gasteiger partial charge on any atom is -0.245 e. The van der Waals surface area contributed by atoms with E-state index < -0.39 is 31.7 Å². The predicted molar refractivity (Wildman–Crippen MR) is 86.6 cm³/mol. The minimum absolute atomic E-state index is 0.0250. The third-order valence-corrected chi connectivity index (χ3v) is 6.41. The van der Waals surface area contributed by atoms with Crippen molar-refractivity contribution in [3.63, 3.8) is 0 Å². The average Bonchev–Trinajstić information content (AvgIpc) is 2.93. The average molecular weight is 399 g/mol. The van der Waals surface area contributed by atoms with Gasteiger partial charge in [0, 0.05) is 12.4 Å². The number of aryl methyl sites for hydroxylation is 1. The van der Waals surface area contributed by atoms with Crippen molar-refractivity contribution >= 4 is 33.0 Å². The lowest BCUT2D eigenvalue weighted by Gasteiger charge is -2.17. The number of nitrogens with zero attached hydrogens (tertiary/aromatic N) is 2. The maximum atomic E-state index is 12.9. The summed E-state index contributed by atoms with van der Waals surface area (Å²) in [6.07, 6.45) is -4.00. The molecule has 0 unspecified atom stereocenters. The van der Waals surface area contributed by atoms with Crippen LogP contribution in [0.1, 0.15) is 23.2 Å². The van der Waals surface area contributed by atoms with Gasteiger partial charge in [0.2, 0.25) is 10.0 Å². The Bertz CT molecular complexity index is 835. The highest BCUT2D eigenvalue weighted by atomic mass is 35.5. The number of thiazole rings is 1. The number of benzene rings is 1. The third-order valence-electron chi connectivity index (χ3n) is 3.24. The molecular weight excluding hydrogens is 385 g/mol. The first-order chi connectivity index (χ1) is 11.1. The van der Waals surface area contributed by atoms with Gasteiger partial charge in [0.1, 0.15) is 0 Å². The zero-order chi connectivity index (χ0) is 18.1. The van der Waals surface area contributed by atoms with Crippen molar-refractivity contribution in [2.24, 2.45) is 0 Å². The molecule has 0 amide bonds. The van der Waals surface area contributed by atoms with E-state index in [1.807, 2.05) is 6.92 Å². The van der Waals surface area contributed by atoms with Gasteiger partial charge in [-0.25, -0.2) is 13.4 Å². The fourth-order valence-corrected chi connectivity index (χ4v) is 4.09. The van der Waals surface area contributed by atoms with Crippen molar-refractivity contribution in [2.45, 2.75) is 31.0 Å². The molecule has 0 bridgehead atoms. The van der Waals surface area contributed by atoms with Crippen LogP contribution >= 0.6 is 22.9 Å². The van der Waals surface area contributed by atoms with Gasteiger partial charge >= 0.3 is 6.18 Å². The molecule has 1 aromatic heterocycles. The highest BCUT2D eigenvalue weighted by Gasteiger charge is 2.35. The zero-order valence-electron chi connectivity index (χ0n) is 12.8. The van der Waals surface area contributed by atoms with Gasteiger partial charge in [-0.2, -0.15) is 17.5 Å². The monoisotopic (exact) mass is 398 g/mol. The zero-order valence-corrected chi connectivity index (χ0v) is 15.2. The normalized spacial score (nSPS) is 12.8. The predicted octanol–water partition coefficient (Wildman–Crippen LogP) is 4.20. The number of halogens is 4. The van der Waals surface area contributed by atoms with Gasteiger partial charge in [0.15, 0.2) is 0 Å². The van der Waals surface area contributed by atoms with Crippen LogP contribution in [0.5, 0.6) is 0 Å². The van der Waals surface area contributed by atoms with Gasteiger partial charge < -0.3 is 0 Å². The first-order valence-corrected chi connectivity index (χ1v) is 9.52. The number of alkyl halides is 3. The molecular formula is C14H14ClF3N2O2S2. The van der Waals surface area contributed by atoms with Crippen LogP contribution in [-0.2, 0) is 29.2 Å². The molecule has 1 heterocycles. The van der Waals surface area contributed by atoms with Crippen molar-refractivity contribution in [3.8, 4) is 0 Å². The molecule has 24 heavy (non-hydrogen) atoms. The van der Waals surface area contributed by atoms with Crippen molar-refractivity contribution in [1.82, 2.24) is 9.29 Å². The summed E-state index contributed by atoms with van der Waals surface area (Å²) in [7, 11) is -2.80. The molecule has 4 nitrogen and oxygen atoms in total. The molecule has 2 rings (SSSR count). The maximum absolute atomic E-state index is 12.9. The third kappa shape index (κ3) is 4.08. The quantitative estimate of drug-likeness (QED) is 0.758. The van der Waals surface area contributed by atoms with Gasteiger partial charge in [0.25, 0.3) is 0 Å². The lowest BCUT2D eigenvalue weighted by molar-refractivity contribution is -0.137. The molecule has 0 saturated carbocycles. The van der Waals surface area contributed by atoms with Crippen LogP contribution in [0, 0.1) is 0 Å². The van der Waals surface area contributed by atoms with E-state index >= 15 is 0 Å². The van der Waals surface area contributed by atoms with E-state index in [1.54, 1.807) is 5.38 Å². The van der Waals surface area contributed by atoms with Crippen LogP contribution in [0.4, 0.5) is 13.2 Å². The Hall–Kier alpha value is -1.16. The topological polar surface area (TPSA) is 50.3 Å². The number of hydrogen-bond donors (Lipinski definition) is 0. The van der Waals surface area contributed by atoms with Crippen LogP contribution in [0.15, 0.2) is 28.5 Å². The van der Waals surface area contributed by atoms with Crippen LogP contribution in [0.2, 0.25) is 5.02 Å². The lowest BCUT2D eigenvalue weighted by atomic mass is 10.2. The van der Waals surface area contributed by atoms with Crippen LogP contribution in [0.3, 0.4) is 0 Å². The van der Waals surface area contributed by atoms with Crippen LogP contribution < -0.4 is 0 Å². The first kappa shape index (κ1) is 19.2. The largest absolute Gasteiger partial charge is 0.417 e. The summed E-state index contributed by atoms with van der Waals surface area (Å²) < 4.78 is 64.7. The highest BCUT2D eigenvalue weighted by Crippen LogP contribution is 2.36. The Morgan fingerprint density at radius 2 is 2.00 bits per heavy atom. The molecule has 0 fully saturated rings. The summed E-state index contributed by atoms with van der Waals surface area (Å²) in [5.74, 6) is 0. The molecule has 132 valence electrons. The number of hydrogen-bond acceptors (Lipinski definition) is 4. The van der Waals surface area contributed by atoms with Gasteiger partial charge in [-0.1, -0.05) is 18.5 Å². The number of aromatic nitrogens is 1. The van der Waals surface area contributed by atoms with Gasteiger partial charge in [0.05, 0.1) is 32.7 Å². The van der Waals surface area contributed by atoms with Crippen molar-refractivity contribution < 1.29 is 21.6 Å². The van der Waals surface area contributed by atoms with Crippen molar-refractivity contribution in [3.05, 3.63) is 44.9 Å². The molecule has 0 aliphatic heterocycles.